The summed E-state index contributed by atoms with van der Waals surface area (Å²) in [6.07, 6.45) is 0. The van der Waals surface area contributed by atoms with E-state index in [0.717, 1.165) is 0 Å². The van der Waals surface area contributed by atoms with E-state index in [1.54, 1.807) is 43.5 Å². The van der Waals surface area contributed by atoms with E-state index >= 15 is 0 Å². The highest BCUT2D eigenvalue weighted by molar-refractivity contribution is 5.48. The number of hydrogen-bond acceptors (Lipinski definition) is 3. The van der Waals surface area contributed by atoms with E-state index in [1.165, 1.54) is 6.07 Å². The number of benzene rings is 2. The average molecular weight is 261 g/mol. The van der Waals surface area contributed by atoms with E-state index in [1.807, 2.05) is 6.92 Å². The first-order chi connectivity index (χ1) is 9.13. The van der Waals surface area contributed by atoms with Crippen molar-refractivity contribution in [2.75, 3.05) is 7.11 Å². The molecule has 0 aliphatic heterocycles. The summed E-state index contributed by atoms with van der Waals surface area (Å²) in [5.74, 6) is 0.877. The zero-order chi connectivity index (χ0) is 13.8. The fourth-order valence-corrected chi connectivity index (χ4v) is 1.89. The van der Waals surface area contributed by atoms with Crippen LogP contribution in [0.4, 0.5) is 4.39 Å². The predicted octanol–water partition coefficient (Wildman–Crippen LogP) is 3.65. The summed E-state index contributed by atoms with van der Waals surface area (Å²) in [6.45, 7) is 1.83. The maximum atomic E-state index is 13.6. The molecule has 0 spiro atoms. The molecule has 2 rings (SSSR count). The highest BCUT2D eigenvalue weighted by atomic mass is 19.1. The molecular formula is C15H16FNO2. The second kappa shape index (κ2) is 5.71. The molecule has 0 aliphatic carbocycles. The molecule has 2 N–H and O–H groups in total. The molecule has 0 fully saturated rings. The summed E-state index contributed by atoms with van der Waals surface area (Å²) < 4.78 is 24.5. The van der Waals surface area contributed by atoms with Crippen molar-refractivity contribution < 1.29 is 13.9 Å². The lowest BCUT2D eigenvalue weighted by Crippen LogP contribution is -2.08. The molecule has 1 atom stereocenters. The maximum Gasteiger partial charge on any atom is 0.165 e. The van der Waals surface area contributed by atoms with Crippen LogP contribution in [0.1, 0.15) is 18.5 Å². The van der Waals surface area contributed by atoms with Gasteiger partial charge in [0.25, 0.3) is 0 Å². The van der Waals surface area contributed by atoms with Gasteiger partial charge in [-0.25, -0.2) is 4.39 Å². The number of halogens is 1. The van der Waals surface area contributed by atoms with Crippen molar-refractivity contribution in [3.63, 3.8) is 0 Å². The Morgan fingerprint density at radius 1 is 1.00 bits per heavy atom. The molecule has 0 heterocycles. The summed E-state index contributed by atoms with van der Waals surface area (Å²) >= 11 is 0. The third kappa shape index (κ3) is 2.85. The van der Waals surface area contributed by atoms with Crippen molar-refractivity contribution in [2.24, 2.45) is 5.73 Å². The van der Waals surface area contributed by atoms with Gasteiger partial charge in [-0.15, -0.1) is 0 Å². The van der Waals surface area contributed by atoms with Gasteiger partial charge in [0.05, 0.1) is 12.7 Å². The van der Waals surface area contributed by atoms with Crippen LogP contribution in [0, 0.1) is 5.82 Å². The number of hydrogen-bond donors (Lipinski definition) is 1. The third-order valence-corrected chi connectivity index (χ3v) is 2.76. The molecule has 2 aromatic rings. The molecular weight excluding hydrogens is 245 g/mol. The molecule has 2 aromatic carbocycles. The third-order valence-electron chi connectivity index (χ3n) is 2.76. The molecule has 100 valence electrons. The lowest BCUT2D eigenvalue weighted by atomic mass is 10.1. The van der Waals surface area contributed by atoms with Crippen LogP contribution in [0.15, 0.2) is 42.5 Å². The van der Waals surface area contributed by atoms with Crippen molar-refractivity contribution in [1.29, 1.82) is 0 Å². The Morgan fingerprint density at radius 3 is 2.26 bits per heavy atom. The molecule has 0 amide bonds. The quantitative estimate of drug-likeness (QED) is 0.913. The van der Waals surface area contributed by atoms with Crippen LogP contribution in [0.25, 0.3) is 0 Å². The van der Waals surface area contributed by atoms with Gasteiger partial charge in [-0.05, 0) is 31.2 Å². The maximum absolute atomic E-state index is 13.6. The number of rotatable bonds is 4. The van der Waals surface area contributed by atoms with Crippen LogP contribution in [0.2, 0.25) is 0 Å². The van der Waals surface area contributed by atoms with Gasteiger partial charge in [0, 0.05) is 6.04 Å². The Morgan fingerprint density at radius 2 is 1.63 bits per heavy atom. The lowest BCUT2D eigenvalue weighted by molar-refractivity contribution is 0.393. The monoisotopic (exact) mass is 261 g/mol. The van der Waals surface area contributed by atoms with Crippen molar-refractivity contribution in [3.05, 3.63) is 53.8 Å². The number of nitrogens with two attached hydrogens (primary N) is 1. The highest BCUT2D eigenvalue weighted by Gasteiger charge is 2.15. The second-order valence-corrected chi connectivity index (χ2v) is 4.19. The van der Waals surface area contributed by atoms with Crippen LogP contribution < -0.4 is 15.2 Å². The minimum Gasteiger partial charge on any atom is -0.496 e. The fourth-order valence-electron chi connectivity index (χ4n) is 1.89. The molecule has 3 nitrogen and oxygen atoms in total. The first-order valence-corrected chi connectivity index (χ1v) is 5.98. The summed E-state index contributed by atoms with van der Waals surface area (Å²) in [6, 6.07) is 11.3. The Bertz CT molecular complexity index is 570. The molecule has 1 unspecified atom stereocenters. The Hall–Kier alpha value is -2.07. The van der Waals surface area contributed by atoms with Gasteiger partial charge in [-0.1, -0.05) is 18.2 Å². The molecule has 0 aromatic heterocycles. The van der Waals surface area contributed by atoms with E-state index in [4.69, 9.17) is 15.2 Å². The van der Waals surface area contributed by atoms with Crippen molar-refractivity contribution in [2.45, 2.75) is 13.0 Å². The van der Waals surface area contributed by atoms with Gasteiger partial charge in [0.2, 0.25) is 0 Å². The number of para-hydroxylation sites is 1. The van der Waals surface area contributed by atoms with Crippen LogP contribution in [-0.2, 0) is 0 Å². The SMILES string of the molecule is COc1cccc(Oc2ccccc2F)c1C(C)N. The van der Waals surface area contributed by atoms with Crippen molar-refractivity contribution in [3.8, 4) is 17.2 Å². The standard InChI is InChI=1S/C15H16FNO2/c1-10(17)15-13(18-2)8-5-9-14(15)19-12-7-4-3-6-11(12)16/h3-10H,17H2,1-2H3. The van der Waals surface area contributed by atoms with Gasteiger partial charge in [-0.3, -0.25) is 0 Å². The summed E-state index contributed by atoms with van der Waals surface area (Å²) in [7, 11) is 1.56. The van der Waals surface area contributed by atoms with E-state index in [-0.39, 0.29) is 11.8 Å². The zero-order valence-corrected chi connectivity index (χ0v) is 10.9. The minimum absolute atomic E-state index is 0.164. The highest BCUT2D eigenvalue weighted by Crippen LogP contribution is 2.36. The zero-order valence-electron chi connectivity index (χ0n) is 10.9. The molecule has 4 heteroatoms. The fraction of sp³-hybridized carbons (Fsp3) is 0.200. The van der Waals surface area contributed by atoms with Gasteiger partial charge in [0.1, 0.15) is 11.5 Å². The van der Waals surface area contributed by atoms with Crippen molar-refractivity contribution >= 4 is 0 Å². The van der Waals surface area contributed by atoms with Gasteiger partial charge in [0.15, 0.2) is 11.6 Å². The van der Waals surface area contributed by atoms with Crippen molar-refractivity contribution in [1.82, 2.24) is 0 Å². The van der Waals surface area contributed by atoms with E-state index in [0.29, 0.717) is 17.1 Å². The van der Waals surface area contributed by atoms with E-state index in [9.17, 15) is 4.39 Å². The predicted molar refractivity (Wildman–Crippen MR) is 72.1 cm³/mol. The van der Waals surface area contributed by atoms with Gasteiger partial charge >= 0.3 is 0 Å². The summed E-state index contributed by atoms with van der Waals surface area (Å²) in [4.78, 5) is 0. The average Bonchev–Trinajstić information content (AvgIpc) is 2.40. The number of ether oxygens (including phenoxy) is 2. The normalized spacial score (nSPS) is 12.0. The second-order valence-electron chi connectivity index (χ2n) is 4.19. The van der Waals surface area contributed by atoms with E-state index < -0.39 is 5.82 Å². The lowest BCUT2D eigenvalue weighted by Gasteiger charge is -2.17. The topological polar surface area (TPSA) is 44.5 Å². The van der Waals surface area contributed by atoms with Crippen LogP contribution in [0.5, 0.6) is 17.2 Å². The molecule has 0 saturated carbocycles. The summed E-state index contributed by atoms with van der Waals surface area (Å²) in [5.41, 5.74) is 6.64. The Balaban J connectivity index is 2.43. The first kappa shape index (κ1) is 13.4. The molecule has 19 heavy (non-hydrogen) atoms. The first-order valence-electron chi connectivity index (χ1n) is 5.98. The molecule has 0 bridgehead atoms. The molecule has 0 saturated heterocycles. The van der Waals surface area contributed by atoms with E-state index in [2.05, 4.69) is 0 Å². The Labute approximate surface area is 111 Å². The Kier molecular flexibility index (Phi) is 4.02. The largest absolute Gasteiger partial charge is 0.496 e. The van der Waals surface area contributed by atoms with Crippen LogP contribution in [-0.4, -0.2) is 7.11 Å². The smallest absolute Gasteiger partial charge is 0.165 e. The molecule has 0 radical (unpaired) electrons. The minimum atomic E-state index is -0.416. The van der Waals surface area contributed by atoms with Gasteiger partial charge < -0.3 is 15.2 Å². The summed E-state index contributed by atoms with van der Waals surface area (Å²) in [5, 5.41) is 0. The van der Waals surface area contributed by atoms with Crippen LogP contribution >= 0.6 is 0 Å². The van der Waals surface area contributed by atoms with Crippen LogP contribution in [0.3, 0.4) is 0 Å². The number of methoxy groups -OCH3 is 1. The molecule has 0 aliphatic rings. The van der Waals surface area contributed by atoms with Gasteiger partial charge in [-0.2, -0.15) is 0 Å².